The van der Waals surface area contributed by atoms with Crippen molar-refractivity contribution in [1.82, 2.24) is 0 Å². The highest BCUT2D eigenvalue weighted by molar-refractivity contribution is 6.30. The van der Waals surface area contributed by atoms with Crippen molar-refractivity contribution in [3.63, 3.8) is 0 Å². The highest BCUT2D eigenvalue weighted by Gasteiger charge is 2.35. The molecule has 27 heavy (non-hydrogen) atoms. The third-order valence-corrected chi connectivity index (χ3v) is 4.52. The van der Waals surface area contributed by atoms with E-state index in [1.807, 2.05) is 0 Å². The van der Waals surface area contributed by atoms with Crippen LogP contribution in [-0.2, 0) is 4.74 Å². The monoisotopic (exact) mass is 383 g/mol. The maximum atomic E-state index is 13.6. The van der Waals surface area contributed by atoms with Crippen LogP contribution in [0.4, 0.5) is 14.9 Å². The Kier molecular flexibility index (Phi) is 4.69. The molecule has 0 radical (unpaired) electrons. The van der Waals surface area contributed by atoms with E-state index in [4.69, 9.17) is 21.1 Å². The molecule has 4 nitrogen and oxygen atoms in total. The van der Waals surface area contributed by atoms with Crippen LogP contribution in [0.15, 0.2) is 72.8 Å². The Morgan fingerprint density at radius 1 is 1.00 bits per heavy atom. The summed E-state index contributed by atoms with van der Waals surface area (Å²) in [6, 6.07) is 19.9. The molecular weight excluding hydrogens is 369 g/mol. The van der Waals surface area contributed by atoms with Gasteiger partial charge in [0.25, 0.3) is 0 Å². The summed E-state index contributed by atoms with van der Waals surface area (Å²) in [5, 5.41) is 0.633. The maximum Gasteiger partial charge on any atom is 0.415 e. The van der Waals surface area contributed by atoms with Crippen LogP contribution < -0.4 is 9.64 Å². The van der Waals surface area contributed by atoms with Crippen LogP contribution in [0.3, 0.4) is 0 Å². The molecule has 0 N–H and O–H groups in total. The number of amides is 1. The Hall–Kier alpha value is -3.05. The van der Waals surface area contributed by atoms with Gasteiger partial charge in [-0.25, -0.2) is 9.18 Å². The van der Waals surface area contributed by atoms with Gasteiger partial charge in [-0.05, 0) is 66.2 Å². The maximum absolute atomic E-state index is 13.6. The van der Waals surface area contributed by atoms with Crippen molar-refractivity contribution in [3.05, 3.63) is 89.2 Å². The van der Waals surface area contributed by atoms with Gasteiger partial charge in [0.05, 0.1) is 6.04 Å². The molecule has 0 bridgehead atoms. The molecule has 1 saturated heterocycles. The Labute approximate surface area is 160 Å². The van der Waals surface area contributed by atoms with Crippen LogP contribution in [0, 0.1) is 5.82 Å². The number of hydrogen-bond acceptors (Lipinski definition) is 3. The highest BCUT2D eigenvalue weighted by Crippen LogP contribution is 2.34. The zero-order valence-corrected chi connectivity index (χ0v) is 14.9. The minimum Gasteiger partial charge on any atom is -0.457 e. The predicted molar refractivity (Wildman–Crippen MR) is 101 cm³/mol. The largest absolute Gasteiger partial charge is 0.457 e. The molecule has 6 heteroatoms. The first-order valence-corrected chi connectivity index (χ1v) is 8.73. The molecule has 0 unspecified atom stereocenters. The summed E-state index contributed by atoms with van der Waals surface area (Å²) in [5.41, 5.74) is 1.33. The number of ether oxygens (including phenoxy) is 2. The average Bonchev–Trinajstić information content (AvgIpc) is 3.06. The normalized spacial score (nSPS) is 16.3. The first kappa shape index (κ1) is 17.4. The van der Waals surface area contributed by atoms with E-state index in [0.717, 1.165) is 0 Å². The van der Waals surface area contributed by atoms with Crippen LogP contribution in [0.5, 0.6) is 11.5 Å². The van der Waals surface area contributed by atoms with Crippen molar-refractivity contribution < 1.29 is 18.7 Å². The summed E-state index contributed by atoms with van der Waals surface area (Å²) < 4.78 is 24.5. The summed E-state index contributed by atoms with van der Waals surface area (Å²) >= 11 is 5.87. The molecule has 1 aliphatic heterocycles. The van der Waals surface area contributed by atoms with Gasteiger partial charge in [-0.1, -0.05) is 23.7 Å². The lowest BCUT2D eigenvalue weighted by atomic mass is 10.1. The van der Waals surface area contributed by atoms with Gasteiger partial charge in [-0.15, -0.1) is 0 Å². The minimum atomic E-state index is -0.462. The molecule has 0 spiro atoms. The smallest absolute Gasteiger partial charge is 0.415 e. The number of halogens is 2. The molecule has 0 aromatic heterocycles. The Bertz CT molecular complexity index is 960. The second-order valence-electron chi connectivity index (χ2n) is 6.07. The number of cyclic esters (lactones) is 1. The molecule has 1 amide bonds. The minimum absolute atomic E-state index is 0.172. The molecule has 3 aromatic rings. The molecule has 136 valence electrons. The molecule has 1 atom stereocenters. The lowest BCUT2D eigenvalue weighted by molar-refractivity contribution is 0.179. The van der Waals surface area contributed by atoms with Crippen molar-refractivity contribution in [3.8, 4) is 11.5 Å². The zero-order chi connectivity index (χ0) is 18.8. The van der Waals surface area contributed by atoms with Crippen molar-refractivity contribution in [2.24, 2.45) is 0 Å². The van der Waals surface area contributed by atoms with E-state index in [0.29, 0.717) is 27.8 Å². The van der Waals surface area contributed by atoms with Gasteiger partial charge in [0.2, 0.25) is 0 Å². The number of carbonyl (C=O) groups excluding carboxylic acids is 1. The fourth-order valence-electron chi connectivity index (χ4n) is 2.98. The zero-order valence-electron chi connectivity index (χ0n) is 14.1. The predicted octanol–water partition coefficient (Wildman–Crippen LogP) is 5.97. The van der Waals surface area contributed by atoms with Crippen molar-refractivity contribution in [1.29, 1.82) is 0 Å². The number of benzene rings is 3. The summed E-state index contributed by atoms with van der Waals surface area (Å²) in [7, 11) is 0. The lowest BCUT2D eigenvalue weighted by Crippen LogP contribution is -2.27. The van der Waals surface area contributed by atoms with E-state index in [1.165, 1.54) is 17.0 Å². The summed E-state index contributed by atoms with van der Waals surface area (Å²) in [4.78, 5) is 13.7. The van der Waals surface area contributed by atoms with Crippen LogP contribution in [-0.4, -0.2) is 12.7 Å². The van der Waals surface area contributed by atoms with E-state index < -0.39 is 6.09 Å². The van der Waals surface area contributed by atoms with Crippen LogP contribution in [0.2, 0.25) is 5.02 Å². The third kappa shape index (κ3) is 3.73. The Morgan fingerprint density at radius 3 is 2.33 bits per heavy atom. The quantitative estimate of drug-likeness (QED) is 0.557. The van der Waals surface area contributed by atoms with Crippen molar-refractivity contribution in [2.45, 2.75) is 6.04 Å². The van der Waals surface area contributed by atoms with Crippen LogP contribution >= 0.6 is 11.6 Å². The third-order valence-electron chi connectivity index (χ3n) is 4.27. The summed E-state index contributed by atoms with van der Waals surface area (Å²) in [6.45, 7) is 0.172. The molecule has 0 aliphatic carbocycles. The first-order valence-electron chi connectivity index (χ1n) is 8.35. The Morgan fingerprint density at radius 2 is 1.67 bits per heavy atom. The molecule has 1 fully saturated rings. The van der Waals surface area contributed by atoms with Gasteiger partial charge >= 0.3 is 6.09 Å². The summed E-state index contributed by atoms with van der Waals surface area (Å²) in [6.07, 6.45) is -0.462. The van der Waals surface area contributed by atoms with E-state index >= 15 is 0 Å². The molecule has 4 rings (SSSR count). The number of hydrogen-bond donors (Lipinski definition) is 0. The molecule has 1 heterocycles. The van der Waals surface area contributed by atoms with Crippen molar-refractivity contribution >= 4 is 23.4 Å². The standard InChI is InChI=1S/C21H15ClFNO3/c22-15-4-8-18(9-5-15)27-19-10-6-17(7-11-19)24-20(13-26-21(24)25)14-2-1-3-16(23)12-14/h1-12,20H,13H2/t20-/m1/s1. The van der Waals surface area contributed by atoms with E-state index in [1.54, 1.807) is 60.7 Å². The van der Waals surface area contributed by atoms with Crippen molar-refractivity contribution in [2.75, 3.05) is 11.5 Å². The fourth-order valence-corrected chi connectivity index (χ4v) is 3.11. The van der Waals surface area contributed by atoms with Gasteiger partial charge in [0, 0.05) is 10.7 Å². The number of anilines is 1. The van der Waals surface area contributed by atoms with Gasteiger partial charge in [0.1, 0.15) is 23.9 Å². The van der Waals surface area contributed by atoms with Gasteiger partial charge < -0.3 is 9.47 Å². The van der Waals surface area contributed by atoms with Crippen LogP contribution in [0.1, 0.15) is 11.6 Å². The second kappa shape index (κ2) is 7.29. The first-order chi connectivity index (χ1) is 13.1. The lowest BCUT2D eigenvalue weighted by Gasteiger charge is -2.22. The topological polar surface area (TPSA) is 38.8 Å². The van der Waals surface area contributed by atoms with E-state index in [9.17, 15) is 9.18 Å². The molecular formula is C21H15ClFNO3. The number of nitrogens with zero attached hydrogens (tertiary/aromatic N) is 1. The van der Waals surface area contributed by atoms with Crippen LogP contribution in [0.25, 0.3) is 0 Å². The SMILES string of the molecule is O=C1OC[C@H](c2cccc(F)c2)N1c1ccc(Oc2ccc(Cl)cc2)cc1. The van der Waals surface area contributed by atoms with E-state index in [-0.39, 0.29) is 18.5 Å². The fraction of sp³-hybridized carbons (Fsp3) is 0.0952. The molecule has 3 aromatic carbocycles. The second-order valence-corrected chi connectivity index (χ2v) is 6.50. The average molecular weight is 384 g/mol. The van der Waals surface area contributed by atoms with Gasteiger partial charge in [-0.3, -0.25) is 4.90 Å². The number of carbonyl (C=O) groups is 1. The molecule has 0 saturated carbocycles. The van der Waals surface area contributed by atoms with Gasteiger partial charge in [0.15, 0.2) is 0 Å². The van der Waals surface area contributed by atoms with E-state index in [2.05, 4.69) is 0 Å². The molecule has 1 aliphatic rings. The van der Waals surface area contributed by atoms with Gasteiger partial charge in [-0.2, -0.15) is 0 Å². The highest BCUT2D eigenvalue weighted by atomic mass is 35.5. The number of rotatable bonds is 4. The summed E-state index contributed by atoms with van der Waals surface area (Å²) in [5.74, 6) is 0.930. The Balaban J connectivity index is 1.56.